The van der Waals surface area contributed by atoms with E-state index in [1.165, 1.54) is 18.5 Å². The van der Waals surface area contributed by atoms with Gasteiger partial charge in [0.25, 0.3) is 0 Å². The van der Waals surface area contributed by atoms with Crippen molar-refractivity contribution in [3.05, 3.63) is 11.0 Å². The average Bonchev–Trinajstić information content (AvgIpc) is 2.15. The number of halogens is 2. The SMILES string of the molecule is Cc1nc(S(=O)(=O)F)c(Cl)n1C. The Bertz CT molecular complexity index is 411. The van der Waals surface area contributed by atoms with Crippen LogP contribution in [0.4, 0.5) is 3.89 Å². The quantitative estimate of drug-likeness (QED) is 0.654. The third kappa shape index (κ3) is 1.44. The van der Waals surface area contributed by atoms with Crippen molar-refractivity contribution in [1.82, 2.24) is 9.55 Å². The van der Waals surface area contributed by atoms with E-state index in [-0.39, 0.29) is 5.15 Å². The lowest BCUT2D eigenvalue weighted by molar-refractivity contribution is 0.548. The Labute approximate surface area is 74.2 Å². The molecule has 0 unspecified atom stereocenters. The van der Waals surface area contributed by atoms with E-state index >= 15 is 0 Å². The van der Waals surface area contributed by atoms with Gasteiger partial charge >= 0.3 is 10.2 Å². The summed E-state index contributed by atoms with van der Waals surface area (Å²) in [6.45, 7) is 1.53. The molecule has 7 heteroatoms. The first-order valence-electron chi connectivity index (χ1n) is 2.97. The van der Waals surface area contributed by atoms with E-state index in [0.29, 0.717) is 5.82 Å². The van der Waals surface area contributed by atoms with Crippen molar-refractivity contribution < 1.29 is 12.3 Å². The molecule has 0 aliphatic heterocycles. The highest BCUT2D eigenvalue weighted by molar-refractivity contribution is 7.86. The zero-order valence-corrected chi connectivity index (χ0v) is 7.95. The minimum Gasteiger partial charge on any atom is -0.321 e. The van der Waals surface area contributed by atoms with Gasteiger partial charge in [-0.15, -0.1) is 0 Å². The first kappa shape index (κ1) is 9.47. The maximum atomic E-state index is 12.4. The number of imidazole rings is 1. The van der Waals surface area contributed by atoms with Crippen molar-refractivity contribution in [2.24, 2.45) is 7.05 Å². The monoisotopic (exact) mass is 212 g/mol. The molecule has 1 rings (SSSR count). The highest BCUT2D eigenvalue weighted by Gasteiger charge is 2.22. The van der Waals surface area contributed by atoms with Crippen LogP contribution in [0, 0.1) is 6.92 Å². The van der Waals surface area contributed by atoms with E-state index in [9.17, 15) is 12.3 Å². The fourth-order valence-corrected chi connectivity index (χ4v) is 1.73. The molecule has 68 valence electrons. The van der Waals surface area contributed by atoms with Crippen molar-refractivity contribution in [2.75, 3.05) is 0 Å². The summed E-state index contributed by atoms with van der Waals surface area (Å²) in [7, 11) is -3.30. The number of aromatic nitrogens is 2. The van der Waals surface area contributed by atoms with Crippen LogP contribution in [0.15, 0.2) is 5.03 Å². The molecule has 0 spiro atoms. The lowest BCUT2D eigenvalue weighted by Gasteiger charge is -1.93. The molecule has 0 aliphatic rings. The largest absolute Gasteiger partial charge is 0.352 e. The first-order valence-corrected chi connectivity index (χ1v) is 4.73. The minimum absolute atomic E-state index is 0.213. The maximum Gasteiger partial charge on any atom is 0.352 e. The van der Waals surface area contributed by atoms with Gasteiger partial charge in [0.15, 0.2) is 5.15 Å². The lowest BCUT2D eigenvalue weighted by Crippen LogP contribution is -1.93. The van der Waals surface area contributed by atoms with Gasteiger partial charge in [0.2, 0.25) is 5.03 Å². The van der Waals surface area contributed by atoms with Crippen LogP contribution >= 0.6 is 11.6 Å². The molecule has 0 bridgehead atoms. The molecule has 4 nitrogen and oxygen atoms in total. The summed E-state index contributed by atoms with van der Waals surface area (Å²) in [5, 5.41) is -0.931. The van der Waals surface area contributed by atoms with Gasteiger partial charge in [-0.3, -0.25) is 0 Å². The van der Waals surface area contributed by atoms with Gasteiger partial charge in [0.1, 0.15) is 5.82 Å². The molecule has 0 fully saturated rings. The number of aryl methyl sites for hydroxylation is 1. The molecule has 1 heterocycles. The molecular weight excluding hydrogens is 207 g/mol. The number of nitrogens with zero attached hydrogens (tertiary/aromatic N) is 2. The van der Waals surface area contributed by atoms with Crippen LogP contribution < -0.4 is 0 Å². The van der Waals surface area contributed by atoms with Crippen LogP contribution in [-0.2, 0) is 17.3 Å². The minimum atomic E-state index is -4.80. The normalized spacial score (nSPS) is 12.0. The van der Waals surface area contributed by atoms with Gasteiger partial charge in [-0.05, 0) is 6.92 Å². The standard InChI is InChI=1S/C5H6ClFN2O2S/c1-3-8-5(12(7,10)11)4(6)9(3)2/h1-2H3. The van der Waals surface area contributed by atoms with Crippen LogP contribution in [-0.4, -0.2) is 18.0 Å². The molecule has 12 heavy (non-hydrogen) atoms. The number of hydrogen-bond donors (Lipinski definition) is 0. The Hall–Kier alpha value is -0.620. The molecule has 0 radical (unpaired) electrons. The van der Waals surface area contributed by atoms with E-state index in [4.69, 9.17) is 11.6 Å². The summed E-state index contributed by atoms with van der Waals surface area (Å²) in [6.07, 6.45) is 0. The Morgan fingerprint density at radius 1 is 1.58 bits per heavy atom. The van der Waals surface area contributed by atoms with E-state index in [1.807, 2.05) is 0 Å². The third-order valence-electron chi connectivity index (χ3n) is 1.45. The third-order valence-corrected chi connectivity index (χ3v) is 2.74. The maximum absolute atomic E-state index is 12.4. The van der Waals surface area contributed by atoms with Gasteiger partial charge in [-0.2, -0.15) is 8.42 Å². The zero-order chi connectivity index (χ0) is 9.52. The molecule has 0 atom stereocenters. The van der Waals surface area contributed by atoms with E-state index < -0.39 is 15.2 Å². The molecule has 0 aliphatic carbocycles. The van der Waals surface area contributed by atoms with Gasteiger partial charge in [-0.1, -0.05) is 15.5 Å². The highest BCUT2D eigenvalue weighted by Crippen LogP contribution is 2.22. The molecule has 0 N–H and O–H groups in total. The number of rotatable bonds is 1. The van der Waals surface area contributed by atoms with Crippen LogP contribution in [0.5, 0.6) is 0 Å². The molecular formula is C5H6ClFN2O2S. The summed E-state index contributed by atoms with van der Waals surface area (Å²) in [5.74, 6) is 0.344. The fourth-order valence-electron chi connectivity index (χ4n) is 0.709. The summed E-state index contributed by atoms with van der Waals surface area (Å²) in [4.78, 5) is 3.45. The van der Waals surface area contributed by atoms with Crippen molar-refractivity contribution in [3.8, 4) is 0 Å². The van der Waals surface area contributed by atoms with Crippen molar-refractivity contribution in [1.29, 1.82) is 0 Å². The topological polar surface area (TPSA) is 52.0 Å². The van der Waals surface area contributed by atoms with E-state index in [2.05, 4.69) is 4.98 Å². The van der Waals surface area contributed by atoms with Gasteiger partial charge < -0.3 is 4.57 Å². The second-order valence-corrected chi connectivity index (χ2v) is 3.87. The summed E-state index contributed by atoms with van der Waals surface area (Å²) < 4.78 is 34.5. The van der Waals surface area contributed by atoms with Crippen molar-refractivity contribution >= 4 is 21.8 Å². The average molecular weight is 213 g/mol. The first-order chi connectivity index (χ1) is 5.34. The molecule has 0 saturated carbocycles. The molecule has 1 aromatic heterocycles. The summed E-state index contributed by atoms with van der Waals surface area (Å²) >= 11 is 5.48. The Balaban J connectivity index is 3.48. The van der Waals surface area contributed by atoms with E-state index in [0.717, 1.165) is 0 Å². The highest BCUT2D eigenvalue weighted by atomic mass is 35.5. The predicted octanol–water partition coefficient (Wildman–Crippen LogP) is 1.04. The Morgan fingerprint density at radius 2 is 2.08 bits per heavy atom. The lowest BCUT2D eigenvalue weighted by atomic mass is 10.7. The summed E-state index contributed by atoms with van der Waals surface area (Å²) in [5.41, 5.74) is 0. The second kappa shape index (κ2) is 2.70. The van der Waals surface area contributed by atoms with Crippen LogP contribution in [0.3, 0.4) is 0 Å². The fraction of sp³-hybridized carbons (Fsp3) is 0.400. The molecule has 1 aromatic rings. The Morgan fingerprint density at radius 3 is 2.25 bits per heavy atom. The predicted molar refractivity (Wildman–Crippen MR) is 41.2 cm³/mol. The number of hydrogen-bond acceptors (Lipinski definition) is 3. The van der Waals surface area contributed by atoms with Gasteiger partial charge in [0.05, 0.1) is 0 Å². The van der Waals surface area contributed by atoms with E-state index in [1.54, 1.807) is 0 Å². The van der Waals surface area contributed by atoms with Crippen LogP contribution in [0.25, 0.3) is 0 Å². The Kier molecular flexibility index (Phi) is 2.13. The van der Waals surface area contributed by atoms with Gasteiger partial charge in [0, 0.05) is 7.05 Å². The second-order valence-electron chi connectivity index (χ2n) is 2.25. The van der Waals surface area contributed by atoms with Crippen LogP contribution in [0.1, 0.15) is 5.82 Å². The zero-order valence-electron chi connectivity index (χ0n) is 6.38. The molecule has 0 aromatic carbocycles. The van der Waals surface area contributed by atoms with Crippen LogP contribution in [0.2, 0.25) is 5.15 Å². The summed E-state index contributed by atoms with van der Waals surface area (Å²) in [6, 6.07) is 0. The van der Waals surface area contributed by atoms with Gasteiger partial charge in [-0.25, -0.2) is 4.98 Å². The smallest absolute Gasteiger partial charge is 0.321 e. The molecule has 0 saturated heterocycles. The van der Waals surface area contributed by atoms with Crippen molar-refractivity contribution in [2.45, 2.75) is 11.9 Å². The van der Waals surface area contributed by atoms with Crippen molar-refractivity contribution in [3.63, 3.8) is 0 Å². The molecule has 0 amide bonds.